The number of nitrogens with two attached hydrogens (primary N) is 1. The maximum atomic E-state index is 13.9. The molecule has 0 spiro atoms. The van der Waals surface area contributed by atoms with Crippen LogP contribution in [0.2, 0.25) is 0 Å². The average molecular weight is 498 g/mol. The van der Waals surface area contributed by atoms with Crippen molar-refractivity contribution in [3.05, 3.63) is 71.8 Å². The van der Waals surface area contributed by atoms with Crippen LogP contribution in [-0.2, 0) is 12.6 Å². The molecule has 2 heterocycles. The molecule has 0 radical (unpaired) electrons. The average Bonchev–Trinajstić information content (AvgIpc) is 3.17. The van der Waals surface area contributed by atoms with E-state index in [1.54, 1.807) is 6.07 Å². The van der Waals surface area contributed by atoms with E-state index < -0.39 is 23.7 Å². The standard InChI is InChI=1S/C25H21F3N4O4/c1-13(2)7-15-9-22(31-12-30-15)36-16-4-6-21-18(10-16)19(11-32(21)24(34)35)17-5-3-14(23(29)33)8-20(17)25(26,27)28/h3-6,8-13H,7H2,1-2H3,(H2,29,33)(H,34,35). The van der Waals surface area contributed by atoms with Crippen molar-refractivity contribution in [3.8, 4) is 22.8 Å². The number of carbonyl (C=O) groups excluding carboxylic acids is 1. The lowest BCUT2D eigenvalue weighted by Crippen LogP contribution is -2.14. The molecule has 186 valence electrons. The lowest BCUT2D eigenvalue weighted by Gasteiger charge is -2.14. The van der Waals surface area contributed by atoms with Crippen molar-refractivity contribution in [1.82, 2.24) is 14.5 Å². The molecule has 2 aromatic heterocycles. The third-order valence-electron chi connectivity index (χ3n) is 5.42. The molecule has 4 aromatic rings. The predicted octanol–water partition coefficient (Wildman–Crippen LogP) is 5.73. The second kappa shape index (κ2) is 9.33. The topological polar surface area (TPSA) is 120 Å². The normalized spacial score (nSPS) is 11.7. The van der Waals surface area contributed by atoms with Crippen molar-refractivity contribution in [2.75, 3.05) is 0 Å². The summed E-state index contributed by atoms with van der Waals surface area (Å²) in [5, 5.41) is 9.83. The Morgan fingerprint density at radius 2 is 1.83 bits per heavy atom. The summed E-state index contributed by atoms with van der Waals surface area (Å²) >= 11 is 0. The fraction of sp³-hybridized carbons (Fsp3) is 0.200. The molecule has 4 rings (SSSR count). The molecule has 0 aliphatic heterocycles. The van der Waals surface area contributed by atoms with Crippen LogP contribution in [0.5, 0.6) is 11.6 Å². The van der Waals surface area contributed by atoms with Gasteiger partial charge >= 0.3 is 12.3 Å². The first-order valence-electron chi connectivity index (χ1n) is 10.8. The number of halogens is 3. The number of nitrogens with zero attached hydrogens (tertiary/aromatic N) is 3. The summed E-state index contributed by atoms with van der Waals surface area (Å²) in [6, 6.07) is 8.95. The highest BCUT2D eigenvalue weighted by atomic mass is 19.4. The highest BCUT2D eigenvalue weighted by Crippen LogP contribution is 2.41. The Kier molecular flexibility index (Phi) is 6.40. The van der Waals surface area contributed by atoms with Gasteiger partial charge in [0.15, 0.2) is 0 Å². The molecular formula is C25H21F3N4O4. The highest BCUT2D eigenvalue weighted by molar-refractivity contribution is 6.02. The van der Waals surface area contributed by atoms with E-state index in [4.69, 9.17) is 10.5 Å². The molecule has 0 saturated heterocycles. The van der Waals surface area contributed by atoms with Crippen LogP contribution in [0.25, 0.3) is 22.0 Å². The first-order chi connectivity index (χ1) is 16.9. The maximum Gasteiger partial charge on any atom is 0.417 e. The van der Waals surface area contributed by atoms with E-state index in [0.717, 1.165) is 28.6 Å². The number of hydrogen-bond donors (Lipinski definition) is 2. The van der Waals surface area contributed by atoms with E-state index in [2.05, 4.69) is 9.97 Å². The van der Waals surface area contributed by atoms with Gasteiger partial charge in [-0.1, -0.05) is 19.9 Å². The monoisotopic (exact) mass is 498 g/mol. The molecule has 2 aromatic carbocycles. The summed E-state index contributed by atoms with van der Waals surface area (Å²) in [5.41, 5.74) is 4.32. The van der Waals surface area contributed by atoms with E-state index in [-0.39, 0.29) is 39.2 Å². The van der Waals surface area contributed by atoms with Crippen molar-refractivity contribution in [2.24, 2.45) is 11.7 Å². The minimum Gasteiger partial charge on any atom is -0.464 e. The van der Waals surface area contributed by atoms with Gasteiger partial charge in [-0.25, -0.2) is 14.8 Å². The van der Waals surface area contributed by atoms with Crippen LogP contribution in [0.4, 0.5) is 18.0 Å². The minimum absolute atomic E-state index is 0.00983. The molecule has 0 unspecified atom stereocenters. The lowest BCUT2D eigenvalue weighted by atomic mass is 9.96. The molecule has 3 N–H and O–H groups in total. The Morgan fingerprint density at radius 3 is 2.47 bits per heavy atom. The first kappa shape index (κ1) is 24.7. The molecule has 0 fully saturated rings. The summed E-state index contributed by atoms with van der Waals surface area (Å²) in [5.74, 6) is -0.187. The lowest BCUT2D eigenvalue weighted by molar-refractivity contribution is -0.137. The van der Waals surface area contributed by atoms with Crippen molar-refractivity contribution < 1.29 is 32.6 Å². The van der Waals surface area contributed by atoms with E-state index in [1.165, 1.54) is 24.5 Å². The molecule has 36 heavy (non-hydrogen) atoms. The van der Waals surface area contributed by atoms with E-state index in [1.807, 2.05) is 13.8 Å². The molecule has 0 saturated carbocycles. The van der Waals surface area contributed by atoms with Crippen molar-refractivity contribution in [3.63, 3.8) is 0 Å². The quantitative estimate of drug-likeness (QED) is 0.350. The van der Waals surface area contributed by atoms with Gasteiger partial charge in [0.25, 0.3) is 0 Å². The number of alkyl halides is 3. The summed E-state index contributed by atoms with van der Waals surface area (Å²) in [4.78, 5) is 31.6. The maximum absolute atomic E-state index is 13.9. The number of rotatable bonds is 6. The van der Waals surface area contributed by atoms with Crippen molar-refractivity contribution >= 4 is 22.9 Å². The smallest absolute Gasteiger partial charge is 0.417 e. The van der Waals surface area contributed by atoms with Crippen LogP contribution in [0.3, 0.4) is 0 Å². The Hall–Kier alpha value is -4.41. The van der Waals surface area contributed by atoms with Crippen LogP contribution < -0.4 is 10.5 Å². The number of ether oxygens (including phenoxy) is 1. The summed E-state index contributed by atoms with van der Waals surface area (Å²) in [6.07, 6.45) is -3.06. The molecule has 0 aliphatic rings. The zero-order valence-corrected chi connectivity index (χ0v) is 19.2. The Bertz CT molecular complexity index is 1480. The van der Waals surface area contributed by atoms with Crippen molar-refractivity contribution in [2.45, 2.75) is 26.4 Å². The van der Waals surface area contributed by atoms with Gasteiger partial charge < -0.3 is 15.6 Å². The number of fused-ring (bicyclic) bond motifs is 1. The molecule has 0 aliphatic carbocycles. The van der Waals surface area contributed by atoms with E-state index in [0.29, 0.717) is 18.4 Å². The number of aromatic nitrogens is 3. The van der Waals surface area contributed by atoms with Gasteiger partial charge in [-0.05, 0) is 48.2 Å². The molecule has 0 atom stereocenters. The third kappa shape index (κ3) is 4.99. The van der Waals surface area contributed by atoms with Crippen LogP contribution in [0.15, 0.2) is 55.0 Å². The van der Waals surface area contributed by atoms with Gasteiger partial charge in [-0.2, -0.15) is 13.2 Å². The van der Waals surface area contributed by atoms with Gasteiger partial charge in [0.05, 0.1) is 11.1 Å². The fourth-order valence-electron chi connectivity index (χ4n) is 3.90. The van der Waals surface area contributed by atoms with E-state index >= 15 is 0 Å². The Morgan fingerprint density at radius 1 is 1.08 bits per heavy atom. The summed E-state index contributed by atoms with van der Waals surface area (Å²) in [7, 11) is 0. The number of benzene rings is 2. The predicted molar refractivity (Wildman–Crippen MR) is 125 cm³/mol. The van der Waals surface area contributed by atoms with E-state index in [9.17, 15) is 27.9 Å². The molecule has 11 heteroatoms. The van der Waals surface area contributed by atoms with Crippen molar-refractivity contribution in [1.29, 1.82) is 0 Å². The van der Waals surface area contributed by atoms with Crippen LogP contribution in [0, 0.1) is 5.92 Å². The Balaban J connectivity index is 1.86. The number of carbonyl (C=O) groups is 2. The van der Waals surface area contributed by atoms with Gasteiger partial charge in [0.1, 0.15) is 12.1 Å². The van der Waals surface area contributed by atoms with Crippen LogP contribution in [-0.4, -0.2) is 31.6 Å². The number of primary amides is 1. The van der Waals surface area contributed by atoms with Gasteiger partial charge in [-0.15, -0.1) is 0 Å². The molecular weight excluding hydrogens is 477 g/mol. The second-order valence-corrected chi connectivity index (χ2v) is 8.54. The zero-order chi connectivity index (χ0) is 26.2. The number of carboxylic acid groups (broad SMARTS) is 1. The Labute approximate surface area is 203 Å². The second-order valence-electron chi connectivity index (χ2n) is 8.54. The number of amides is 1. The fourth-order valence-corrected chi connectivity index (χ4v) is 3.90. The van der Waals surface area contributed by atoms with Crippen LogP contribution >= 0.6 is 0 Å². The molecule has 1 amide bonds. The summed E-state index contributed by atoms with van der Waals surface area (Å²) < 4.78 is 48.4. The van der Waals surface area contributed by atoms with Gasteiger partial charge in [0, 0.05) is 34.5 Å². The number of hydrogen-bond acceptors (Lipinski definition) is 5. The van der Waals surface area contributed by atoms with Gasteiger partial charge in [0.2, 0.25) is 11.8 Å². The van der Waals surface area contributed by atoms with Gasteiger partial charge in [-0.3, -0.25) is 9.36 Å². The zero-order valence-electron chi connectivity index (χ0n) is 19.2. The minimum atomic E-state index is -4.83. The van der Waals surface area contributed by atoms with Crippen LogP contribution in [0.1, 0.15) is 35.5 Å². The highest BCUT2D eigenvalue weighted by Gasteiger charge is 2.35. The first-order valence-corrected chi connectivity index (χ1v) is 10.8. The largest absolute Gasteiger partial charge is 0.464 e. The molecule has 8 nitrogen and oxygen atoms in total. The SMILES string of the molecule is CC(C)Cc1cc(Oc2ccc3c(c2)c(-c2ccc(C(N)=O)cc2C(F)(F)F)cn3C(=O)O)ncn1. The third-order valence-corrected chi connectivity index (χ3v) is 5.42. The summed E-state index contributed by atoms with van der Waals surface area (Å²) in [6.45, 7) is 4.08. The molecule has 0 bridgehead atoms.